The minimum Gasteiger partial charge on any atom is -0.497 e. The van der Waals surface area contributed by atoms with Crippen LogP contribution in [-0.4, -0.2) is 13.0 Å². The van der Waals surface area contributed by atoms with E-state index in [9.17, 15) is 13.6 Å². The number of benzene rings is 2. The lowest BCUT2D eigenvalue weighted by Crippen LogP contribution is -2.27. The Bertz CT molecular complexity index is 707. The molecule has 0 aliphatic heterocycles. The molecule has 0 heterocycles. The summed E-state index contributed by atoms with van der Waals surface area (Å²) >= 11 is 3.29. The van der Waals surface area contributed by atoms with Crippen LogP contribution in [0.1, 0.15) is 28.9 Å². The Balaban J connectivity index is 2.21. The zero-order valence-electron chi connectivity index (χ0n) is 12.0. The fraction of sp³-hybridized carbons (Fsp3) is 0.188. The molecule has 1 unspecified atom stereocenters. The molecule has 22 heavy (non-hydrogen) atoms. The molecule has 2 aromatic rings. The summed E-state index contributed by atoms with van der Waals surface area (Å²) in [5, 5.41) is 2.68. The maximum Gasteiger partial charge on any atom is 0.253 e. The van der Waals surface area contributed by atoms with Crippen molar-refractivity contribution in [2.24, 2.45) is 0 Å². The van der Waals surface area contributed by atoms with Crippen LogP contribution in [0.4, 0.5) is 8.78 Å². The van der Waals surface area contributed by atoms with Gasteiger partial charge in [-0.25, -0.2) is 8.78 Å². The number of ether oxygens (including phenoxy) is 1. The average Bonchev–Trinajstić information content (AvgIpc) is 2.47. The molecule has 2 aromatic carbocycles. The van der Waals surface area contributed by atoms with Gasteiger partial charge in [-0.05, 0) is 47.1 Å². The molecule has 1 amide bonds. The van der Waals surface area contributed by atoms with E-state index in [2.05, 4.69) is 21.2 Å². The molecule has 0 spiro atoms. The molecule has 1 atom stereocenters. The third kappa shape index (κ3) is 3.62. The Kier molecular flexibility index (Phi) is 5.13. The number of carbonyl (C=O) groups excluding carboxylic acids is 1. The van der Waals surface area contributed by atoms with Crippen molar-refractivity contribution in [1.82, 2.24) is 5.32 Å². The first kappa shape index (κ1) is 16.4. The van der Waals surface area contributed by atoms with Crippen LogP contribution < -0.4 is 10.1 Å². The first-order valence-corrected chi connectivity index (χ1v) is 7.31. The lowest BCUT2D eigenvalue weighted by Gasteiger charge is -2.16. The predicted octanol–water partition coefficient (Wildman–Crippen LogP) is 4.23. The molecular formula is C16H14BrF2NO2. The van der Waals surface area contributed by atoms with Gasteiger partial charge in [0.1, 0.15) is 17.4 Å². The summed E-state index contributed by atoms with van der Waals surface area (Å²) in [6.07, 6.45) is 0. The van der Waals surface area contributed by atoms with Crippen molar-refractivity contribution in [2.75, 3.05) is 7.11 Å². The normalized spacial score (nSPS) is 11.9. The van der Waals surface area contributed by atoms with E-state index in [0.717, 1.165) is 12.1 Å². The Hall–Kier alpha value is -1.95. The van der Waals surface area contributed by atoms with Crippen molar-refractivity contribution >= 4 is 21.8 Å². The van der Waals surface area contributed by atoms with Gasteiger partial charge in [-0.1, -0.05) is 6.07 Å². The zero-order chi connectivity index (χ0) is 16.3. The average molecular weight is 370 g/mol. The van der Waals surface area contributed by atoms with Crippen LogP contribution in [-0.2, 0) is 0 Å². The van der Waals surface area contributed by atoms with Crippen LogP contribution in [0.15, 0.2) is 40.9 Å². The van der Waals surface area contributed by atoms with Crippen molar-refractivity contribution in [1.29, 1.82) is 0 Å². The van der Waals surface area contributed by atoms with Crippen molar-refractivity contribution in [2.45, 2.75) is 13.0 Å². The summed E-state index contributed by atoms with van der Waals surface area (Å²) < 4.78 is 32.3. The van der Waals surface area contributed by atoms with Crippen molar-refractivity contribution in [3.05, 3.63) is 63.6 Å². The minimum atomic E-state index is -0.697. The smallest absolute Gasteiger partial charge is 0.253 e. The molecule has 0 aliphatic carbocycles. The molecule has 0 bridgehead atoms. The standard InChI is InChI=1S/C16H14BrF2NO2/c1-9(12-5-3-10(18)7-15(12)19)20-16(21)13-8-11(22-2)4-6-14(13)17/h3-9H,1-2H3,(H,20,21). The third-order valence-corrected chi connectivity index (χ3v) is 3.89. The predicted molar refractivity (Wildman–Crippen MR) is 82.9 cm³/mol. The van der Waals surface area contributed by atoms with E-state index in [4.69, 9.17) is 4.74 Å². The maximum absolute atomic E-state index is 13.7. The Morgan fingerprint density at radius 3 is 2.59 bits per heavy atom. The number of hydrogen-bond acceptors (Lipinski definition) is 2. The molecular weight excluding hydrogens is 356 g/mol. The number of halogens is 3. The van der Waals surface area contributed by atoms with Gasteiger partial charge in [0.25, 0.3) is 5.91 Å². The molecule has 0 aromatic heterocycles. The van der Waals surface area contributed by atoms with Gasteiger partial charge >= 0.3 is 0 Å². The highest BCUT2D eigenvalue weighted by Crippen LogP contribution is 2.24. The summed E-state index contributed by atoms with van der Waals surface area (Å²) in [6.45, 7) is 1.63. The summed E-state index contributed by atoms with van der Waals surface area (Å²) in [4.78, 5) is 12.3. The topological polar surface area (TPSA) is 38.3 Å². The molecule has 1 N–H and O–H groups in total. The molecule has 0 radical (unpaired) electrons. The maximum atomic E-state index is 13.7. The summed E-state index contributed by atoms with van der Waals surface area (Å²) in [6, 6.07) is 7.64. The molecule has 0 aliphatic rings. The second-order valence-electron chi connectivity index (χ2n) is 4.71. The van der Waals surface area contributed by atoms with Gasteiger partial charge in [0, 0.05) is 16.1 Å². The van der Waals surface area contributed by atoms with Gasteiger partial charge in [0.05, 0.1) is 18.7 Å². The van der Waals surface area contributed by atoms with Crippen LogP contribution in [0.5, 0.6) is 5.75 Å². The number of nitrogens with one attached hydrogen (secondary N) is 1. The van der Waals surface area contributed by atoms with E-state index >= 15 is 0 Å². The van der Waals surface area contributed by atoms with Gasteiger partial charge < -0.3 is 10.1 Å². The first-order valence-electron chi connectivity index (χ1n) is 6.51. The highest BCUT2D eigenvalue weighted by Gasteiger charge is 2.17. The van der Waals surface area contributed by atoms with Crippen LogP contribution in [0.25, 0.3) is 0 Å². The van der Waals surface area contributed by atoms with Crippen LogP contribution >= 0.6 is 15.9 Å². The van der Waals surface area contributed by atoms with Gasteiger partial charge in [-0.3, -0.25) is 4.79 Å². The molecule has 0 saturated heterocycles. The fourth-order valence-corrected chi connectivity index (χ4v) is 2.44. The van der Waals surface area contributed by atoms with Gasteiger partial charge in [-0.15, -0.1) is 0 Å². The van der Waals surface area contributed by atoms with Gasteiger partial charge in [0.2, 0.25) is 0 Å². The largest absolute Gasteiger partial charge is 0.497 e. The second kappa shape index (κ2) is 6.87. The molecule has 0 saturated carbocycles. The van der Waals surface area contributed by atoms with Crippen LogP contribution in [0, 0.1) is 11.6 Å². The van der Waals surface area contributed by atoms with Crippen molar-refractivity contribution in [3.8, 4) is 5.75 Å². The van der Waals surface area contributed by atoms with Crippen molar-refractivity contribution < 1.29 is 18.3 Å². The molecule has 2 rings (SSSR count). The Morgan fingerprint density at radius 2 is 1.95 bits per heavy atom. The number of carbonyl (C=O) groups is 1. The molecule has 0 fully saturated rings. The van der Waals surface area contributed by atoms with Crippen LogP contribution in [0.2, 0.25) is 0 Å². The highest BCUT2D eigenvalue weighted by atomic mass is 79.9. The van der Waals surface area contributed by atoms with E-state index in [0.29, 0.717) is 15.8 Å². The van der Waals surface area contributed by atoms with Gasteiger partial charge in [0.15, 0.2) is 0 Å². The lowest BCUT2D eigenvalue weighted by atomic mass is 10.1. The molecule has 3 nitrogen and oxygen atoms in total. The monoisotopic (exact) mass is 369 g/mol. The van der Waals surface area contributed by atoms with E-state index < -0.39 is 17.7 Å². The summed E-state index contributed by atoms with van der Waals surface area (Å²) in [7, 11) is 1.50. The number of hydrogen-bond donors (Lipinski definition) is 1. The van der Waals surface area contributed by atoms with E-state index in [1.165, 1.54) is 13.2 Å². The highest BCUT2D eigenvalue weighted by molar-refractivity contribution is 9.10. The van der Waals surface area contributed by atoms with Gasteiger partial charge in [-0.2, -0.15) is 0 Å². The summed E-state index contributed by atoms with van der Waals surface area (Å²) in [5.74, 6) is -1.20. The van der Waals surface area contributed by atoms with Crippen molar-refractivity contribution in [3.63, 3.8) is 0 Å². The molecule has 6 heteroatoms. The lowest BCUT2D eigenvalue weighted by molar-refractivity contribution is 0.0938. The molecule has 116 valence electrons. The zero-order valence-corrected chi connectivity index (χ0v) is 13.6. The number of amides is 1. The number of rotatable bonds is 4. The van der Waals surface area contributed by atoms with E-state index in [-0.39, 0.29) is 11.5 Å². The third-order valence-electron chi connectivity index (χ3n) is 3.19. The fourth-order valence-electron chi connectivity index (χ4n) is 2.01. The first-order chi connectivity index (χ1) is 10.4. The second-order valence-corrected chi connectivity index (χ2v) is 5.56. The van der Waals surface area contributed by atoms with E-state index in [1.54, 1.807) is 25.1 Å². The SMILES string of the molecule is COc1ccc(Br)c(C(=O)NC(C)c2ccc(F)cc2F)c1. The quantitative estimate of drug-likeness (QED) is 0.875. The Morgan fingerprint density at radius 1 is 1.23 bits per heavy atom. The minimum absolute atomic E-state index is 0.216. The van der Waals surface area contributed by atoms with E-state index in [1.807, 2.05) is 0 Å². The Labute approximate surface area is 135 Å². The van der Waals surface area contributed by atoms with Crippen LogP contribution in [0.3, 0.4) is 0 Å². The number of methoxy groups -OCH3 is 1. The summed E-state index contributed by atoms with van der Waals surface area (Å²) in [5.41, 5.74) is 0.586.